The molecular formula is C26H32ClNO3. The van der Waals surface area contributed by atoms with E-state index in [2.05, 4.69) is 19.0 Å². The van der Waals surface area contributed by atoms with Gasteiger partial charge in [-0.15, -0.1) is 0 Å². The van der Waals surface area contributed by atoms with Crippen molar-refractivity contribution in [2.24, 2.45) is 45.6 Å². The number of aliphatic hydroxyl groups is 1. The molecule has 166 valence electrons. The molecule has 4 aliphatic carbocycles. The smallest absolute Gasteiger partial charge is 0.152 e. The van der Waals surface area contributed by atoms with E-state index in [1.165, 1.54) is 0 Å². The molecule has 31 heavy (non-hydrogen) atoms. The minimum atomic E-state index is -0.318. The fraction of sp³-hybridized carbons (Fsp3) is 0.692. The number of hydrogen-bond donors (Lipinski definition) is 1. The number of ketones is 1. The molecule has 0 aromatic heterocycles. The van der Waals surface area contributed by atoms with E-state index in [1.54, 1.807) is 0 Å². The van der Waals surface area contributed by atoms with Crippen LogP contribution in [0, 0.1) is 40.4 Å². The molecule has 6 rings (SSSR count). The van der Waals surface area contributed by atoms with Crippen molar-refractivity contribution in [1.82, 2.24) is 0 Å². The van der Waals surface area contributed by atoms with Gasteiger partial charge in [-0.2, -0.15) is 0 Å². The second-order valence-corrected chi connectivity index (χ2v) is 11.8. The molecule has 0 radical (unpaired) electrons. The summed E-state index contributed by atoms with van der Waals surface area (Å²) in [6, 6.07) is 7.62. The van der Waals surface area contributed by atoms with Gasteiger partial charge in [0.15, 0.2) is 5.78 Å². The van der Waals surface area contributed by atoms with Gasteiger partial charge in [0.2, 0.25) is 0 Å². The minimum Gasteiger partial charge on any atom is -0.393 e. The molecule has 1 aromatic carbocycles. The number of Topliss-reactive ketones (excluding diaryl/α,β-unsaturated/α-hetero) is 1. The van der Waals surface area contributed by atoms with Gasteiger partial charge in [-0.25, -0.2) is 0 Å². The Morgan fingerprint density at radius 2 is 1.87 bits per heavy atom. The Hall–Kier alpha value is -1.39. The third kappa shape index (κ3) is 2.70. The third-order valence-electron chi connectivity index (χ3n) is 10.1. The summed E-state index contributed by atoms with van der Waals surface area (Å²) < 4.78 is 0. The Morgan fingerprint density at radius 3 is 2.65 bits per heavy atom. The summed E-state index contributed by atoms with van der Waals surface area (Å²) in [5, 5.41) is 15.4. The van der Waals surface area contributed by atoms with Crippen LogP contribution in [0.4, 0.5) is 0 Å². The maximum atomic E-state index is 13.9. The van der Waals surface area contributed by atoms with Crippen LogP contribution in [0.2, 0.25) is 5.02 Å². The predicted octanol–water partition coefficient (Wildman–Crippen LogP) is 5.25. The van der Waals surface area contributed by atoms with Gasteiger partial charge in [-0.3, -0.25) is 4.79 Å². The SMILES string of the molecule is C[C@]12CC[C@H](O)C[C@@H]1CC[C@H]1[C@@H]3[C@@H]4ON=C(c5ccc(Cl)cc5)[C@@H]4C(=O)[C@@]3(C)CC[C@@H]12. The van der Waals surface area contributed by atoms with E-state index in [0.717, 1.165) is 56.2 Å². The second-order valence-electron chi connectivity index (χ2n) is 11.4. The zero-order valence-electron chi connectivity index (χ0n) is 18.4. The number of aliphatic hydroxyl groups excluding tert-OH is 1. The van der Waals surface area contributed by atoms with Gasteiger partial charge < -0.3 is 9.94 Å². The summed E-state index contributed by atoms with van der Waals surface area (Å²) in [5.41, 5.74) is 1.70. The summed E-state index contributed by atoms with van der Waals surface area (Å²) >= 11 is 6.08. The van der Waals surface area contributed by atoms with Gasteiger partial charge in [0.1, 0.15) is 17.7 Å². The predicted molar refractivity (Wildman–Crippen MR) is 120 cm³/mol. The molecule has 5 heteroatoms. The topological polar surface area (TPSA) is 58.9 Å². The lowest BCUT2D eigenvalue weighted by Gasteiger charge is -2.60. The molecule has 1 aromatic rings. The highest BCUT2D eigenvalue weighted by Gasteiger charge is 2.69. The van der Waals surface area contributed by atoms with Crippen molar-refractivity contribution in [2.75, 3.05) is 0 Å². The van der Waals surface area contributed by atoms with Crippen molar-refractivity contribution < 1.29 is 14.7 Å². The number of benzene rings is 1. The Kier molecular flexibility index (Phi) is 4.44. The van der Waals surface area contributed by atoms with E-state index in [1.807, 2.05) is 24.3 Å². The first-order chi connectivity index (χ1) is 14.8. The monoisotopic (exact) mass is 441 g/mol. The van der Waals surface area contributed by atoms with Crippen LogP contribution in [0.5, 0.6) is 0 Å². The molecule has 9 atom stereocenters. The molecule has 0 amide bonds. The van der Waals surface area contributed by atoms with Gasteiger partial charge in [0, 0.05) is 21.9 Å². The van der Waals surface area contributed by atoms with E-state index >= 15 is 0 Å². The van der Waals surface area contributed by atoms with E-state index in [-0.39, 0.29) is 34.9 Å². The van der Waals surface area contributed by atoms with Gasteiger partial charge >= 0.3 is 0 Å². The molecule has 4 fully saturated rings. The van der Waals surface area contributed by atoms with Gasteiger partial charge in [-0.05, 0) is 80.2 Å². The molecule has 5 aliphatic rings. The number of nitrogens with zero attached hydrogens (tertiary/aromatic N) is 1. The highest BCUT2D eigenvalue weighted by Crippen LogP contribution is 2.67. The summed E-state index contributed by atoms with van der Waals surface area (Å²) in [6.07, 6.45) is 7.10. The molecule has 1 N–H and O–H groups in total. The summed E-state index contributed by atoms with van der Waals surface area (Å²) in [7, 11) is 0. The number of fused-ring (bicyclic) bond motifs is 7. The van der Waals surface area contributed by atoms with Crippen molar-refractivity contribution in [3.05, 3.63) is 34.9 Å². The zero-order valence-corrected chi connectivity index (χ0v) is 19.1. The Balaban J connectivity index is 1.34. The van der Waals surface area contributed by atoms with Crippen LogP contribution in [-0.4, -0.2) is 28.8 Å². The van der Waals surface area contributed by atoms with E-state index in [9.17, 15) is 9.90 Å². The van der Waals surface area contributed by atoms with Crippen LogP contribution in [0.25, 0.3) is 0 Å². The second kappa shape index (κ2) is 6.81. The van der Waals surface area contributed by atoms with Crippen LogP contribution >= 0.6 is 11.6 Å². The normalized spacial score (nSPS) is 48.2. The molecule has 1 heterocycles. The zero-order chi connectivity index (χ0) is 21.5. The van der Waals surface area contributed by atoms with Crippen molar-refractivity contribution in [2.45, 2.75) is 71.0 Å². The van der Waals surface area contributed by atoms with Gasteiger partial charge in [0.25, 0.3) is 0 Å². The molecular weight excluding hydrogens is 410 g/mol. The minimum absolute atomic E-state index is 0.130. The molecule has 1 aliphatic heterocycles. The number of hydrogen-bond acceptors (Lipinski definition) is 4. The van der Waals surface area contributed by atoms with Crippen molar-refractivity contribution in [3.63, 3.8) is 0 Å². The molecule has 0 spiro atoms. The average molecular weight is 442 g/mol. The first-order valence-electron chi connectivity index (χ1n) is 12.0. The average Bonchev–Trinajstić information content (AvgIpc) is 3.26. The Morgan fingerprint density at radius 1 is 1.10 bits per heavy atom. The lowest BCUT2D eigenvalue weighted by molar-refractivity contribution is -0.151. The lowest BCUT2D eigenvalue weighted by atomic mass is 9.45. The standard InChI is InChI=1S/C26H32ClNO3/c1-25-11-9-17(29)13-15(25)5-8-18-19(25)10-12-26(2)21(18)23-20(24(26)30)22(28-31-23)14-3-6-16(27)7-4-14/h3-4,6-7,15,17-21,23,29H,5,8-13H2,1-2H3/t15-,17-,18+,19-,20-,21+,23+,25-,26-/m0/s1. The largest absolute Gasteiger partial charge is 0.393 e. The highest BCUT2D eigenvalue weighted by atomic mass is 35.5. The quantitative estimate of drug-likeness (QED) is 0.647. The number of rotatable bonds is 1. The number of carbonyl (C=O) groups excluding carboxylic acids is 1. The Bertz CT molecular complexity index is 944. The van der Waals surface area contributed by atoms with Crippen molar-refractivity contribution in [1.29, 1.82) is 0 Å². The number of oxime groups is 1. The fourth-order valence-electron chi connectivity index (χ4n) is 8.52. The van der Waals surface area contributed by atoms with E-state index in [0.29, 0.717) is 28.6 Å². The van der Waals surface area contributed by atoms with Crippen LogP contribution in [0.15, 0.2) is 29.4 Å². The van der Waals surface area contributed by atoms with Crippen LogP contribution in [-0.2, 0) is 9.63 Å². The number of carbonyl (C=O) groups is 1. The molecule has 0 saturated heterocycles. The molecule has 4 saturated carbocycles. The van der Waals surface area contributed by atoms with Crippen molar-refractivity contribution >= 4 is 23.1 Å². The fourth-order valence-corrected chi connectivity index (χ4v) is 8.65. The number of halogens is 1. The van der Waals surface area contributed by atoms with E-state index in [4.69, 9.17) is 16.4 Å². The summed E-state index contributed by atoms with van der Waals surface area (Å²) in [4.78, 5) is 20.0. The van der Waals surface area contributed by atoms with Crippen LogP contribution < -0.4 is 0 Å². The highest BCUT2D eigenvalue weighted by molar-refractivity contribution is 6.30. The van der Waals surface area contributed by atoms with Crippen LogP contribution in [0.1, 0.15) is 64.4 Å². The lowest BCUT2D eigenvalue weighted by Crippen LogP contribution is -2.55. The first kappa shape index (κ1) is 20.2. The maximum Gasteiger partial charge on any atom is 0.152 e. The Labute approximate surface area is 189 Å². The first-order valence-corrected chi connectivity index (χ1v) is 12.4. The molecule has 4 nitrogen and oxygen atoms in total. The third-order valence-corrected chi connectivity index (χ3v) is 10.4. The van der Waals surface area contributed by atoms with Gasteiger partial charge in [-0.1, -0.05) is 42.7 Å². The maximum absolute atomic E-state index is 13.9. The molecule has 0 bridgehead atoms. The van der Waals surface area contributed by atoms with Crippen LogP contribution in [0.3, 0.4) is 0 Å². The van der Waals surface area contributed by atoms with E-state index < -0.39 is 0 Å². The van der Waals surface area contributed by atoms with Gasteiger partial charge in [0.05, 0.1) is 6.10 Å². The summed E-state index contributed by atoms with van der Waals surface area (Å²) in [5.74, 6) is 2.05. The van der Waals surface area contributed by atoms with Crippen molar-refractivity contribution in [3.8, 4) is 0 Å². The molecule has 0 unspecified atom stereocenters. The summed E-state index contributed by atoms with van der Waals surface area (Å²) in [6.45, 7) is 4.68.